The number of nitrogens with zero attached hydrogens (tertiary/aromatic N) is 2. The third kappa shape index (κ3) is 22.1. The number of carbonyl (C=O) groups is 10. The van der Waals surface area contributed by atoms with Crippen LogP contribution in [0.15, 0.2) is 85.0 Å². The molecule has 6 aliphatic rings. The van der Waals surface area contributed by atoms with Crippen LogP contribution in [-0.2, 0) is 60.9 Å². The molecule has 0 radical (unpaired) electrons. The predicted molar refractivity (Wildman–Crippen MR) is 335 cm³/mol. The van der Waals surface area contributed by atoms with Crippen molar-refractivity contribution in [3.05, 3.63) is 96.1 Å². The Labute approximate surface area is 532 Å². The maximum Gasteiger partial charge on any atom is 0.408 e. The molecule has 8 rings (SSSR count). The van der Waals surface area contributed by atoms with E-state index in [1.54, 1.807) is 41.5 Å². The summed E-state index contributed by atoms with van der Waals surface area (Å²) < 4.78 is 10.7. The van der Waals surface area contributed by atoms with Gasteiger partial charge >= 0.3 is 18.2 Å². The highest BCUT2D eigenvalue weighted by molar-refractivity contribution is 6.00. The van der Waals surface area contributed by atoms with Crippen molar-refractivity contribution in [2.75, 3.05) is 26.2 Å². The van der Waals surface area contributed by atoms with Gasteiger partial charge in [0, 0.05) is 50.9 Å². The Balaban J connectivity index is 0.000000280. The number of hydrogen-bond acceptors (Lipinski definition) is 15. The molecular formula is C64H93ClN10O15. The van der Waals surface area contributed by atoms with Gasteiger partial charge in [-0.25, -0.2) is 14.4 Å². The number of benzene rings is 2. The highest BCUT2D eigenvalue weighted by Gasteiger charge is 2.62. The molecular weight excluding hydrogens is 1180 g/mol. The summed E-state index contributed by atoms with van der Waals surface area (Å²) in [5.74, 6) is -4.82. The average Bonchev–Trinajstić information content (AvgIpc) is 1.61. The number of carboxylic acid groups (broad SMARTS) is 1. The highest BCUT2D eigenvalue weighted by Crippen LogP contribution is 2.46. The number of nitrogens with two attached hydrogens (primary N) is 1. The average molecular weight is 1280 g/mol. The smallest absolute Gasteiger partial charge is 0.408 e. The van der Waals surface area contributed by atoms with Crippen molar-refractivity contribution in [2.45, 2.75) is 203 Å². The lowest BCUT2D eigenvalue weighted by Crippen LogP contribution is -2.58. The van der Waals surface area contributed by atoms with Gasteiger partial charge in [0.15, 0.2) is 0 Å². The first-order valence-corrected chi connectivity index (χ1v) is 30.9. The molecule has 2 saturated heterocycles. The molecule has 26 heteroatoms. The van der Waals surface area contributed by atoms with Crippen LogP contribution in [0.25, 0.3) is 0 Å². The summed E-state index contributed by atoms with van der Waals surface area (Å²) in [6.07, 6.45) is 11.9. The second-order valence-electron chi connectivity index (χ2n) is 25.6. The van der Waals surface area contributed by atoms with Gasteiger partial charge < -0.3 is 77.5 Å². The minimum Gasteiger partial charge on any atom is -0.479 e. The summed E-state index contributed by atoms with van der Waals surface area (Å²) in [6, 6.07) is 15.2. The standard InChI is InChI=1S/C32H45N5O7.C23H35N3O7.C9H12N2O.ClH/c1-31(2,3)44-30(43)35-24-15-11-6-4-5-10-14-22-17-32(22,36-27(40)25-16-23(38)20-37(25)28(24)41)29(42)34-19-26(39)33-18-21-12-8-7-9-13-21;1-22(2,3)33-21(32)24-16-10-8-6-4-5-7-9-14-12-23(14,20(30)31)25-18(28)17-11-15(27)13-26(17)19(16)29;10-6-9(12)11-7-8-4-2-1-3-5-8;/h7-10,12-14,22-25,38H,4-6,11,15-20H2,1-3H3,(H,33,39)(H,34,42)(H,35,43)(H,36,40);7,9,14-17,27H,4-6,8,10-13H2,1-3H3,(H,24,32)(H,25,28)(H,30,31);1-5H,6-7,10H2,(H,11,12);1H/b14-10-;9-7-;;/t22-,23-,24+,25+,32-;14-,15-,16+,17+,23-;;/m11../s1. The molecule has 2 aromatic rings. The number of ether oxygens (including phenoxy) is 2. The van der Waals surface area contributed by atoms with E-state index in [2.05, 4.69) is 37.2 Å². The number of hydrogen-bond donors (Lipinski definition) is 11. The molecule has 2 aliphatic carbocycles. The van der Waals surface area contributed by atoms with Crippen molar-refractivity contribution in [3.8, 4) is 0 Å². The Morgan fingerprint density at radius 2 is 1.01 bits per heavy atom. The van der Waals surface area contributed by atoms with Gasteiger partial charge in [-0.2, -0.15) is 0 Å². The van der Waals surface area contributed by atoms with E-state index in [4.69, 9.17) is 15.2 Å². The molecule has 25 nitrogen and oxygen atoms in total. The Hall–Kier alpha value is -7.61. The van der Waals surface area contributed by atoms with E-state index in [-0.39, 0.29) is 81.5 Å². The van der Waals surface area contributed by atoms with Crippen molar-refractivity contribution in [1.82, 2.24) is 47.0 Å². The van der Waals surface area contributed by atoms with Gasteiger partial charge in [-0.1, -0.05) is 111 Å². The van der Waals surface area contributed by atoms with Gasteiger partial charge in [0.05, 0.1) is 25.3 Å². The van der Waals surface area contributed by atoms with Gasteiger partial charge in [0.2, 0.25) is 41.4 Å². The third-order valence-corrected chi connectivity index (χ3v) is 15.9. The van der Waals surface area contributed by atoms with E-state index < -0.39 is 106 Å². The van der Waals surface area contributed by atoms with Crippen molar-refractivity contribution in [2.24, 2.45) is 17.6 Å². The van der Waals surface area contributed by atoms with Crippen LogP contribution in [0.5, 0.6) is 0 Å². The van der Waals surface area contributed by atoms with Crippen LogP contribution < -0.4 is 43.0 Å². The van der Waals surface area contributed by atoms with E-state index in [0.717, 1.165) is 49.7 Å². The number of fused-ring (bicyclic) bond motifs is 4. The number of nitrogens with one attached hydrogen (secondary N) is 7. The van der Waals surface area contributed by atoms with Crippen molar-refractivity contribution >= 4 is 71.9 Å². The summed E-state index contributed by atoms with van der Waals surface area (Å²) in [5.41, 5.74) is 2.97. The fraction of sp³-hybridized carbons (Fsp3) is 0.594. The van der Waals surface area contributed by atoms with E-state index in [1.165, 1.54) is 9.80 Å². The number of aliphatic hydroxyl groups excluding tert-OH is 2. The molecule has 2 saturated carbocycles. The number of rotatable bonds is 11. The van der Waals surface area contributed by atoms with Crippen LogP contribution in [-0.4, -0.2) is 169 Å². The Bertz CT molecular complexity index is 2870. The second-order valence-corrected chi connectivity index (χ2v) is 25.6. The van der Waals surface area contributed by atoms with Crippen LogP contribution in [0.1, 0.15) is 143 Å². The van der Waals surface area contributed by atoms with Gasteiger partial charge in [0.25, 0.3) is 0 Å². The highest BCUT2D eigenvalue weighted by atomic mass is 35.5. The minimum absolute atomic E-state index is 0. The lowest BCUT2D eigenvalue weighted by molar-refractivity contribution is -0.145. The summed E-state index contributed by atoms with van der Waals surface area (Å²) in [4.78, 5) is 130. The zero-order valence-corrected chi connectivity index (χ0v) is 53.3. The van der Waals surface area contributed by atoms with Crippen LogP contribution >= 0.6 is 12.4 Å². The maximum absolute atomic E-state index is 13.7. The Morgan fingerprint density at radius 3 is 1.43 bits per heavy atom. The van der Waals surface area contributed by atoms with Crippen LogP contribution in [0.4, 0.5) is 9.59 Å². The zero-order valence-electron chi connectivity index (χ0n) is 52.5. The second kappa shape index (κ2) is 33.5. The molecule has 9 amide bonds. The molecule has 10 atom stereocenters. The van der Waals surface area contributed by atoms with Gasteiger partial charge in [-0.15, -0.1) is 12.4 Å². The third-order valence-electron chi connectivity index (χ3n) is 15.9. The van der Waals surface area contributed by atoms with Crippen LogP contribution in [0.3, 0.4) is 0 Å². The minimum atomic E-state index is -1.38. The fourth-order valence-corrected chi connectivity index (χ4v) is 11.1. The largest absolute Gasteiger partial charge is 0.479 e. The van der Waals surface area contributed by atoms with E-state index in [0.29, 0.717) is 45.2 Å². The van der Waals surface area contributed by atoms with Gasteiger partial charge in [-0.05, 0) is 104 Å². The maximum atomic E-state index is 13.7. The summed E-state index contributed by atoms with van der Waals surface area (Å²) in [7, 11) is 0. The summed E-state index contributed by atoms with van der Waals surface area (Å²) in [6.45, 7) is 10.9. The van der Waals surface area contributed by atoms with Crippen LogP contribution in [0.2, 0.25) is 0 Å². The number of alkyl carbamates (subject to hydrolysis) is 2. The molecule has 0 spiro atoms. The lowest BCUT2D eigenvalue weighted by Gasteiger charge is -2.30. The fourth-order valence-electron chi connectivity index (χ4n) is 11.1. The van der Waals surface area contributed by atoms with Crippen LogP contribution in [0, 0.1) is 11.8 Å². The SMILES string of the molecule is CC(C)(C)OC(=O)N[C@H]1CCCCC/C=C\[C@@H]2C[C@@]2(C(=O)NCC(=O)NCc2ccccc2)NC(=O)[C@@H]2C[C@@H](O)CN2C1=O.CC(C)(C)OC(=O)N[C@H]1CCCCC/C=C\[C@@H]2C[C@@]2(C(=O)O)NC(=O)[C@@H]2C[C@@H](O)CN2C1=O.Cl.NCC(=O)NCc1ccccc1. The predicted octanol–water partition coefficient (Wildman–Crippen LogP) is 3.67. The number of allylic oxidation sites excluding steroid dienone is 2. The van der Waals surface area contributed by atoms with Gasteiger partial charge in [0.1, 0.15) is 46.4 Å². The molecule has 496 valence electrons. The van der Waals surface area contributed by atoms with Crippen molar-refractivity contribution in [1.29, 1.82) is 0 Å². The number of halogens is 1. The molecule has 4 fully saturated rings. The molecule has 90 heavy (non-hydrogen) atoms. The first-order valence-electron chi connectivity index (χ1n) is 30.9. The summed E-state index contributed by atoms with van der Waals surface area (Å²) in [5, 5.41) is 49.4. The van der Waals surface area contributed by atoms with Crippen molar-refractivity contribution in [3.63, 3.8) is 0 Å². The first-order chi connectivity index (χ1) is 42.1. The molecule has 0 bridgehead atoms. The molecule has 4 aliphatic heterocycles. The number of amides is 9. The monoisotopic (exact) mass is 1280 g/mol. The first kappa shape index (κ1) is 73.1. The number of aliphatic carboxylic acids is 1. The van der Waals surface area contributed by atoms with E-state index >= 15 is 0 Å². The molecule has 2 aromatic carbocycles. The van der Waals surface area contributed by atoms with Gasteiger partial charge in [-0.3, -0.25) is 33.6 Å². The normalized spacial score (nSPS) is 27.6. The molecule has 4 heterocycles. The lowest BCUT2D eigenvalue weighted by atomic mass is 10.0. The van der Waals surface area contributed by atoms with E-state index in [1.807, 2.05) is 85.0 Å². The molecule has 12 N–H and O–H groups in total. The number of carboxylic acids is 1. The topological polar surface area (TPSA) is 367 Å². The zero-order chi connectivity index (χ0) is 65.1. The molecule has 0 aromatic heterocycles. The number of aliphatic hydroxyl groups is 2. The summed E-state index contributed by atoms with van der Waals surface area (Å²) >= 11 is 0. The quantitative estimate of drug-likeness (QED) is 0.143. The Kier molecular flexibility index (Phi) is 27.2. The van der Waals surface area contributed by atoms with E-state index in [9.17, 15) is 63.3 Å². The van der Waals surface area contributed by atoms with Crippen molar-refractivity contribution < 1.29 is 72.7 Å². The molecule has 0 unspecified atom stereocenters. The Morgan fingerprint density at radius 1 is 0.600 bits per heavy atom. The number of carbonyl (C=O) groups excluding carboxylic acids is 9.